The van der Waals surface area contributed by atoms with Crippen LogP contribution in [0.15, 0.2) is 18.2 Å². The number of anilines is 2. The molecule has 134 valence electrons. The summed E-state index contributed by atoms with van der Waals surface area (Å²) in [5, 5.41) is 3.48. The Bertz CT molecular complexity index is 530. The van der Waals surface area contributed by atoms with Crippen molar-refractivity contribution < 1.29 is 19.0 Å². The van der Waals surface area contributed by atoms with Gasteiger partial charge in [0.2, 0.25) is 0 Å². The molecule has 0 saturated carbocycles. The molecule has 24 heavy (non-hydrogen) atoms. The van der Waals surface area contributed by atoms with Crippen molar-refractivity contribution in [3.05, 3.63) is 23.8 Å². The van der Waals surface area contributed by atoms with Gasteiger partial charge in [0.05, 0.1) is 31.0 Å². The number of carbonyl (C=O) groups excluding carboxylic acids is 1. The number of methoxy groups -OCH3 is 1. The second-order valence-electron chi connectivity index (χ2n) is 6.04. The van der Waals surface area contributed by atoms with E-state index in [1.165, 1.54) is 0 Å². The van der Waals surface area contributed by atoms with Crippen LogP contribution in [0.3, 0.4) is 0 Å². The molecule has 1 aliphatic heterocycles. The monoisotopic (exact) mass is 336 g/mol. The van der Waals surface area contributed by atoms with Crippen LogP contribution in [-0.2, 0) is 19.0 Å². The molecule has 0 bridgehead atoms. The zero-order valence-corrected chi connectivity index (χ0v) is 14.5. The number of rotatable bonds is 8. The van der Waals surface area contributed by atoms with Gasteiger partial charge in [-0.2, -0.15) is 0 Å². The standard InChI is InChI=1S/C18H28N2O4/c1-3-24-18(21)11-14(12-22-2)13-4-5-17(16(19)10-13)20-15-6-8-23-9-7-15/h4-5,10,14-15,20H,3,6-9,11-12,19H2,1-2H3. The lowest BCUT2D eigenvalue weighted by molar-refractivity contribution is -0.143. The maximum absolute atomic E-state index is 11.8. The van der Waals surface area contributed by atoms with Gasteiger partial charge in [0, 0.05) is 32.3 Å². The van der Waals surface area contributed by atoms with Gasteiger partial charge >= 0.3 is 5.97 Å². The first-order valence-corrected chi connectivity index (χ1v) is 8.52. The predicted octanol–water partition coefficient (Wildman–Crippen LogP) is 2.54. The fourth-order valence-electron chi connectivity index (χ4n) is 2.92. The molecule has 6 nitrogen and oxygen atoms in total. The van der Waals surface area contributed by atoms with E-state index >= 15 is 0 Å². The highest BCUT2D eigenvalue weighted by Crippen LogP contribution is 2.28. The minimum absolute atomic E-state index is 0.0616. The lowest BCUT2D eigenvalue weighted by atomic mass is 9.95. The molecule has 0 spiro atoms. The summed E-state index contributed by atoms with van der Waals surface area (Å²) in [6, 6.07) is 6.29. The largest absolute Gasteiger partial charge is 0.466 e. The van der Waals surface area contributed by atoms with Crippen LogP contribution >= 0.6 is 0 Å². The molecule has 1 fully saturated rings. The Morgan fingerprint density at radius 1 is 1.42 bits per heavy atom. The molecule has 1 aromatic rings. The predicted molar refractivity (Wildman–Crippen MR) is 94.2 cm³/mol. The first kappa shape index (κ1) is 18.5. The number of nitrogens with one attached hydrogen (secondary N) is 1. The summed E-state index contributed by atoms with van der Waals surface area (Å²) >= 11 is 0. The van der Waals surface area contributed by atoms with Gasteiger partial charge in [-0.25, -0.2) is 0 Å². The minimum atomic E-state index is -0.220. The van der Waals surface area contributed by atoms with E-state index in [0.29, 0.717) is 24.9 Å². The van der Waals surface area contributed by atoms with Crippen LogP contribution in [0.4, 0.5) is 11.4 Å². The van der Waals surface area contributed by atoms with Crippen molar-refractivity contribution in [3.8, 4) is 0 Å². The molecule has 0 aliphatic carbocycles. The smallest absolute Gasteiger partial charge is 0.306 e. The summed E-state index contributed by atoms with van der Waals surface area (Å²) in [5.74, 6) is -0.281. The molecule has 0 radical (unpaired) electrons. The van der Waals surface area contributed by atoms with Crippen LogP contribution in [0.1, 0.15) is 37.7 Å². The summed E-state index contributed by atoms with van der Waals surface area (Å²) < 4.78 is 15.7. The third-order valence-electron chi connectivity index (χ3n) is 4.21. The second kappa shape index (κ2) is 9.49. The number of hydrogen-bond donors (Lipinski definition) is 2. The number of carbonyl (C=O) groups is 1. The normalized spacial score (nSPS) is 16.6. The molecular weight excluding hydrogens is 308 g/mol. The number of nitrogen functional groups attached to an aromatic ring is 1. The fraction of sp³-hybridized carbons (Fsp3) is 0.611. The molecule has 1 heterocycles. The number of ether oxygens (including phenoxy) is 3. The first-order valence-electron chi connectivity index (χ1n) is 8.52. The molecule has 1 saturated heterocycles. The van der Waals surface area contributed by atoms with Crippen LogP contribution in [0, 0.1) is 0 Å². The molecule has 6 heteroatoms. The van der Waals surface area contributed by atoms with Gasteiger partial charge < -0.3 is 25.3 Å². The van der Waals surface area contributed by atoms with Gasteiger partial charge in [-0.1, -0.05) is 6.07 Å². The van der Waals surface area contributed by atoms with E-state index in [9.17, 15) is 4.79 Å². The molecule has 1 aromatic carbocycles. The summed E-state index contributed by atoms with van der Waals surface area (Å²) in [6.07, 6.45) is 2.25. The number of esters is 1. The van der Waals surface area contributed by atoms with Crippen molar-refractivity contribution in [1.29, 1.82) is 0 Å². The summed E-state index contributed by atoms with van der Waals surface area (Å²) in [6.45, 7) is 4.20. The maximum Gasteiger partial charge on any atom is 0.306 e. The Morgan fingerprint density at radius 2 is 2.17 bits per heavy atom. The molecule has 1 aliphatic rings. The van der Waals surface area contributed by atoms with Crippen LogP contribution in [0.5, 0.6) is 0 Å². The second-order valence-corrected chi connectivity index (χ2v) is 6.04. The third kappa shape index (κ3) is 5.39. The van der Waals surface area contributed by atoms with Crippen LogP contribution in [0.2, 0.25) is 0 Å². The molecule has 1 unspecified atom stereocenters. The summed E-state index contributed by atoms with van der Waals surface area (Å²) in [7, 11) is 1.63. The van der Waals surface area contributed by atoms with E-state index in [0.717, 1.165) is 37.3 Å². The SMILES string of the molecule is CCOC(=O)CC(COC)c1ccc(NC2CCOCC2)c(N)c1. The minimum Gasteiger partial charge on any atom is -0.466 e. The van der Waals surface area contributed by atoms with Crippen molar-refractivity contribution in [1.82, 2.24) is 0 Å². The van der Waals surface area contributed by atoms with Gasteiger partial charge in [-0.05, 0) is 37.5 Å². The van der Waals surface area contributed by atoms with Gasteiger partial charge in [0.1, 0.15) is 0 Å². The van der Waals surface area contributed by atoms with E-state index in [4.69, 9.17) is 19.9 Å². The van der Waals surface area contributed by atoms with Crippen LogP contribution < -0.4 is 11.1 Å². The zero-order chi connectivity index (χ0) is 17.4. The van der Waals surface area contributed by atoms with E-state index in [2.05, 4.69) is 5.32 Å². The van der Waals surface area contributed by atoms with Crippen molar-refractivity contribution in [2.75, 3.05) is 44.6 Å². The molecular formula is C18H28N2O4. The van der Waals surface area contributed by atoms with Crippen molar-refractivity contribution >= 4 is 17.3 Å². The van der Waals surface area contributed by atoms with E-state index in [1.54, 1.807) is 14.0 Å². The summed E-state index contributed by atoms with van der Waals surface area (Å²) in [4.78, 5) is 11.8. The average Bonchev–Trinajstić information content (AvgIpc) is 2.57. The molecule has 0 aromatic heterocycles. The number of nitrogens with two attached hydrogens (primary N) is 1. The highest BCUT2D eigenvalue weighted by Gasteiger charge is 2.19. The van der Waals surface area contributed by atoms with Gasteiger partial charge in [0.15, 0.2) is 0 Å². The Labute approximate surface area is 143 Å². The molecule has 1 atom stereocenters. The van der Waals surface area contributed by atoms with Gasteiger partial charge in [0.25, 0.3) is 0 Å². The number of benzene rings is 1. The average molecular weight is 336 g/mol. The molecule has 0 amide bonds. The van der Waals surface area contributed by atoms with Crippen LogP contribution in [0.25, 0.3) is 0 Å². The van der Waals surface area contributed by atoms with Crippen molar-refractivity contribution in [2.24, 2.45) is 0 Å². The highest BCUT2D eigenvalue weighted by molar-refractivity contribution is 5.72. The van der Waals surface area contributed by atoms with Crippen LogP contribution in [-0.4, -0.2) is 45.5 Å². The zero-order valence-electron chi connectivity index (χ0n) is 14.5. The summed E-state index contributed by atoms with van der Waals surface area (Å²) in [5.41, 5.74) is 8.81. The van der Waals surface area contributed by atoms with Crippen molar-refractivity contribution in [3.63, 3.8) is 0 Å². The van der Waals surface area contributed by atoms with E-state index in [-0.39, 0.29) is 18.3 Å². The Balaban J connectivity index is 2.05. The highest BCUT2D eigenvalue weighted by atomic mass is 16.5. The lowest BCUT2D eigenvalue weighted by Crippen LogP contribution is -2.28. The Kier molecular flexibility index (Phi) is 7.34. The van der Waals surface area contributed by atoms with Gasteiger partial charge in [-0.3, -0.25) is 4.79 Å². The maximum atomic E-state index is 11.8. The van der Waals surface area contributed by atoms with E-state index in [1.807, 2.05) is 18.2 Å². The van der Waals surface area contributed by atoms with E-state index < -0.39 is 0 Å². The third-order valence-corrected chi connectivity index (χ3v) is 4.21. The Hall–Kier alpha value is -1.79. The van der Waals surface area contributed by atoms with Gasteiger partial charge in [-0.15, -0.1) is 0 Å². The topological polar surface area (TPSA) is 82.8 Å². The molecule has 2 rings (SSSR count). The Morgan fingerprint density at radius 3 is 2.79 bits per heavy atom. The first-order chi connectivity index (χ1) is 11.6. The fourth-order valence-corrected chi connectivity index (χ4v) is 2.92. The quantitative estimate of drug-likeness (QED) is 0.561. The van der Waals surface area contributed by atoms with Crippen molar-refractivity contribution in [2.45, 2.75) is 38.1 Å². The lowest BCUT2D eigenvalue weighted by Gasteiger charge is -2.25. The number of hydrogen-bond acceptors (Lipinski definition) is 6. The molecule has 3 N–H and O–H groups in total.